The van der Waals surface area contributed by atoms with Gasteiger partial charge in [-0.05, 0) is 18.9 Å². The van der Waals surface area contributed by atoms with Gasteiger partial charge in [0.05, 0.1) is 5.69 Å². The van der Waals surface area contributed by atoms with Gasteiger partial charge in [-0.1, -0.05) is 11.6 Å². The van der Waals surface area contributed by atoms with E-state index in [9.17, 15) is 0 Å². The van der Waals surface area contributed by atoms with Crippen molar-refractivity contribution in [1.82, 2.24) is 9.78 Å². The summed E-state index contributed by atoms with van der Waals surface area (Å²) in [5.41, 5.74) is 1.11. The molecule has 0 radical (unpaired) electrons. The molecule has 0 amide bonds. The molecule has 0 saturated carbocycles. The van der Waals surface area contributed by atoms with E-state index >= 15 is 0 Å². The highest BCUT2D eigenvalue weighted by Gasteiger charge is 2.18. The van der Waals surface area contributed by atoms with Gasteiger partial charge in [0.2, 0.25) is 0 Å². The SMILES string of the molecule is Cn1nc(C2CCOCC2)cc1Cl. The van der Waals surface area contributed by atoms with Gasteiger partial charge in [0, 0.05) is 26.2 Å². The number of nitrogens with zero attached hydrogens (tertiary/aromatic N) is 2. The summed E-state index contributed by atoms with van der Waals surface area (Å²) in [6.45, 7) is 1.69. The Morgan fingerprint density at radius 2 is 2.23 bits per heavy atom. The molecular weight excluding hydrogens is 188 g/mol. The molecule has 0 aromatic carbocycles. The quantitative estimate of drug-likeness (QED) is 0.693. The fraction of sp³-hybridized carbons (Fsp3) is 0.667. The number of aromatic nitrogens is 2. The average molecular weight is 201 g/mol. The average Bonchev–Trinajstić information content (AvgIpc) is 2.49. The van der Waals surface area contributed by atoms with Crippen molar-refractivity contribution in [3.05, 3.63) is 16.9 Å². The van der Waals surface area contributed by atoms with Gasteiger partial charge in [-0.3, -0.25) is 4.68 Å². The third kappa shape index (κ3) is 1.86. The summed E-state index contributed by atoms with van der Waals surface area (Å²) in [5.74, 6) is 0.535. The summed E-state index contributed by atoms with van der Waals surface area (Å²) in [7, 11) is 1.87. The maximum Gasteiger partial charge on any atom is 0.126 e. The number of aryl methyl sites for hydroxylation is 1. The second-order valence-electron chi connectivity index (χ2n) is 3.40. The molecule has 1 aliphatic rings. The molecule has 3 nitrogen and oxygen atoms in total. The predicted octanol–water partition coefficient (Wildman–Crippen LogP) is 1.97. The molecule has 1 aromatic rings. The minimum absolute atomic E-state index is 0.535. The maximum absolute atomic E-state index is 5.92. The minimum atomic E-state index is 0.535. The molecule has 0 unspecified atom stereocenters. The van der Waals surface area contributed by atoms with Gasteiger partial charge in [-0.15, -0.1) is 0 Å². The van der Waals surface area contributed by atoms with E-state index in [2.05, 4.69) is 5.10 Å². The second-order valence-corrected chi connectivity index (χ2v) is 3.79. The van der Waals surface area contributed by atoms with Crippen molar-refractivity contribution in [2.45, 2.75) is 18.8 Å². The van der Waals surface area contributed by atoms with Crippen LogP contribution in [0.5, 0.6) is 0 Å². The minimum Gasteiger partial charge on any atom is -0.381 e. The summed E-state index contributed by atoms with van der Waals surface area (Å²) in [4.78, 5) is 0. The molecule has 13 heavy (non-hydrogen) atoms. The van der Waals surface area contributed by atoms with E-state index in [-0.39, 0.29) is 0 Å². The Labute approximate surface area is 82.6 Å². The molecule has 2 rings (SSSR count). The number of hydrogen-bond donors (Lipinski definition) is 0. The van der Waals surface area contributed by atoms with Crippen molar-refractivity contribution in [3.63, 3.8) is 0 Å². The Bertz CT molecular complexity index is 272. The molecule has 1 saturated heterocycles. The van der Waals surface area contributed by atoms with E-state index in [1.54, 1.807) is 4.68 Å². The van der Waals surface area contributed by atoms with Crippen LogP contribution in [0.2, 0.25) is 5.15 Å². The van der Waals surface area contributed by atoms with E-state index in [0.29, 0.717) is 11.1 Å². The van der Waals surface area contributed by atoms with Crippen LogP contribution >= 0.6 is 11.6 Å². The van der Waals surface area contributed by atoms with Crippen molar-refractivity contribution in [1.29, 1.82) is 0 Å². The van der Waals surface area contributed by atoms with E-state index in [1.165, 1.54) is 0 Å². The summed E-state index contributed by atoms with van der Waals surface area (Å²) >= 11 is 5.92. The Morgan fingerprint density at radius 1 is 1.54 bits per heavy atom. The highest BCUT2D eigenvalue weighted by molar-refractivity contribution is 6.29. The van der Waals surface area contributed by atoms with Gasteiger partial charge in [0.15, 0.2) is 0 Å². The first-order chi connectivity index (χ1) is 6.27. The largest absolute Gasteiger partial charge is 0.381 e. The Kier molecular flexibility index (Phi) is 2.56. The predicted molar refractivity (Wildman–Crippen MR) is 51.0 cm³/mol. The van der Waals surface area contributed by atoms with Crippen molar-refractivity contribution in [3.8, 4) is 0 Å². The number of hydrogen-bond acceptors (Lipinski definition) is 2. The molecule has 2 heterocycles. The summed E-state index contributed by atoms with van der Waals surface area (Å²) < 4.78 is 7.01. The molecular formula is C9H13ClN2O. The molecule has 4 heteroatoms. The van der Waals surface area contributed by atoms with Crippen molar-refractivity contribution in [2.24, 2.45) is 7.05 Å². The molecule has 0 atom stereocenters. The fourth-order valence-electron chi connectivity index (χ4n) is 1.66. The molecule has 1 aromatic heterocycles. The smallest absolute Gasteiger partial charge is 0.126 e. The monoisotopic (exact) mass is 200 g/mol. The van der Waals surface area contributed by atoms with Gasteiger partial charge in [-0.2, -0.15) is 5.10 Å². The van der Waals surface area contributed by atoms with Gasteiger partial charge < -0.3 is 4.74 Å². The van der Waals surface area contributed by atoms with Crippen LogP contribution in [0.3, 0.4) is 0 Å². The van der Waals surface area contributed by atoms with Crippen molar-refractivity contribution in [2.75, 3.05) is 13.2 Å². The third-order valence-electron chi connectivity index (χ3n) is 2.48. The highest BCUT2D eigenvalue weighted by atomic mass is 35.5. The van der Waals surface area contributed by atoms with Gasteiger partial charge in [0.1, 0.15) is 5.15 Å². The van der Waals surface area contributed by atoms with Crippen molar-refractivity contribution < 1.29 is 4.74 Å². The standard InChI is InChI=1S/C9H13ClN2O/c1-12-9(10)6-8(11-12)7-2-4-13-5-3-7/h6-7H,2-5H2,1H3. The number of rotatable bonds is 1. The zero-order valence-corrected chi connectivity index (χ0v) is 8.42. The number of ether oxygens (including phenoxy) is 1. The van der Waals surface area contributed by atoms with Crippen LogP contribution in [0.4, 0.5) is 0 Å². The Hall–Kier alpha value is -0.540. The topological polar surface area (TPSA) is 27.1 Å². The lowest BCUT2D eigenvalue weighted by molar-refractivity contribution is 0.0844. The van der Waals surface area contributed by atoms with Crippen LogP contribution in [0.25, 0.3) is 0 Å². The summed E-state index contributed by atoms with van der Waals surface area (Å²) in [5, 5.41) is 5.07. The van der Waals surface area contributed by atoms with Crippen molar-refractivity contribution >= 4 is 11.6 Å². The van der Waals surface area contributed by atoms with E-state index < -0.39 is 0 Å². The summed E-state index contributed by atoms with van der Waals surface area (Å²) in [6, 6.07) is 1.96. The summed E-state index contributed by atoms with van der Waals surface area (Å²) in [6.07, 6.45) is 2.13. The molecule has 0 bridgehead atoms. The number of halogens is 1. The molecule has 0 N–H and O–H groups in total. The Balaban J connectivity index is 2.14. The highest BCUT2D eigenvalue weighted by Crippen LogP contribution is 2.27. The van der Waals surface area contributed by atoms with Gasteiger partial charge >= 0.3 is 0 Å². The van der Waals surface area contributed by atoms with Crippen LogP contribution in [-0.2, 0) is 11.8 Å². The third-order valence-corrected chi connectivity index (χ3v) is 2.83. The first-order valence-corrected chi connectivity index (χ1v) is 4.92. The molecule has 1 fully saturated rings. The lowest BCUT2D eigenvalue weighted by Crippen LogP contribution is -2.14. The van der Waals surface area contributed by atoms with Crippen LogP contribution in [0, 0.1) is 0 Å². The normalized spacial score (nSPS) is 19.2. The van der Waals surface area contributed by atoms with Crippen LogP contribution < -0.4 is 0 Å². The maximum atomic E-state index is 5.92. The van der Waals surface area contributed by atoms with Gasteiger partial charge in [0.25, 0.3) is 0 Å². The van der Waals surface area contributed by atoms with E-state index in [1.807, 2.05) is 13.1 Å². The first-order valence-electron chi connectivity index (χ1n) is 4.54. The Morgan fingerprint density at radius 3 is 2.77 bits per heavy atom. The second kappa shape index (κ2) is 3.68. The van der Waals surface area contributed by atoms with E-state index in [0.717, 1.165) is 31.7 Å². The molecule has 0 aliphatic carbocycles. The van der Waals surface area contributed by atoms with Crippen LogP contribution in [0.15, 0.2) is 6.07 Å². The zero-order valence-electron chi connectivity index (χ0n) is 7.66. The zero-order chi connectivity index (χ0) is 9.26. The molecule has 1 aliphatic heterocycles. The van der Waals surface area contributed by atoms with E-state index in [4.69, 9.17) is 16.3 Å². The van der Waals surface area contributed by atoms with Crippen LogP contribution in [0.1, 0.15) is 24.5 Å². The molecule has 0 spiro atoms. The fourth-order valence-corrected chi connectivity index (χ4v) is 1.81. The first kappa shape index (κ1) is 9.03. The lowest BCUT2D eigenvalue weighted by Gasteiger charge is -2.19. The van der Waals surface area contributed by atoms with Gasteiger partial charge in [-0.25, -0.2) is 0 Å². The lowest BCUT2D eigenvalue weighted by atomic mass is 9.97. The van der Waals surface area contributed by atoms with Crippen LogP contribution in [-0.4, -0.2) is 23.0 Å². The molecule has 72 valence electrons.